The van der Waals surface area contributed by atoms with Crippen molar-refractivity contribution in [3.05, 3.63) is 0 Å². The van der Waals surface area contributed by atoms with Crippen molar-refractivity contribution < 1.29 is 14.3 Å². The predicted molar refractivity (Wildman–Crippen MR) is 72.9 cm³/mol. The maximum atomic E-state index is 12.3. The Labute approximate surface area is 115 Å². The summed E-state index contributed by atoms with van der Waals surface area (Å²) < 4.78 is 5.51. The number of likely N-dealkylation sites (tertiary alicyclic amines) is 1. The zero-order valence-electron chi connectivity index (χ0n) is 12.3. The van der Waals surface area contributed by atoms with Crippen LogP contribution in [0, 0.1) is 5.92 Å². The van der Waals surface area contributed by atoms with Gasteiger partial charge < -0.3 is 9.64 Å². The third-order valence-corrected chi connectivity index (χ3v) is 4.01. The van der Waals surface area contributed by atoms with Gasteiger partial charge in [-0.15, -0.1) is 0 Å². The van der Waals surface area contributed by atoms with Crippen molar-refractivity contribution in [2.24, 2.45) is 5.92 Å². The summed E-state index contributed by atoms with van der Waals surface area (Å²) in [6.07, 6.45) is 5.04. The minimum atomic E-state index is -0.455. The molecule has 1 aliphatic heterocycles. The number of hydrogen-bond donors (Lipinski definition) is 0. The van der Waals surface area contributed by atoms with Gasteiger partial charge in [0.2, 0.25) is 0 Å². The van der Waals surface area contributed by atoms with Crippen LogP contribution in [0.15, 0.2) is 0 Å². The van der Waals surface area contributed by atoms with Gasteiger partial charge in [0, 0.05) is 25.4 Å². The zero-order chi connectivity index (χ0) is 14.0. The molecule has 108 valence electrons. The van der Waals surface area contributed by atoms with Gasteiger partial charge in [-0.3, -0.25) is 4.79 Å². The summed E-state index contributed by atoms with van der Waals surface area (Å²) >= 11 is 0. The number of amides is 1. The number of carbonyl (C=O) groups excluding carboxylic acids is 2. The molecule has 1 saturated heterocycles. The average molecular weight is 267 g/mol. The fourth-order valence-corrected chi connectivity index (χ4v) is 3.18. The Bertz CT molecular complexity index is 359. The minimum Gasteiger partial charge on any atom is -0.444 e. The lowest BCUT2D eigenvalue weighted by Gasteiger charge is -2.38. The van der Waals surface area contributed by atoms with Gasteiger partial charge in [0.25, 0.3) is 0 Å². The van der Waals surface area contributed by atoms with Crippen molar-refractivity contribution in [3.8, 4) is 0 Å². The predicted octanol–water partition coefficient (Wildman–Crippen LogP) is 3.15. The molecule has 2 atom stereocenters. The number of hydrogen-bond acceptors (Lipinski definition) is 3. The molecular formula is C15H25NO3. The highest BCUT2D eigenvalue weighted by molar-refractivity contribution is 5.80. The Hall–Kier alpha value is -1.06. The highest BCUT2D eigenvalue weighted by atomic mass is 16.6. The van der Waals surface area contributed by atoms with E-state index < -0.39 is 5.60 Å². The topological polar surface area (TPSA) is 46.6 Å². The number of fused-ring (bicyclic) bond motifs is 1. The van der Waals surface area contributed by atoms with Gasteiger partial charge in [0.1, 0.15) is 11.4 Å². The minimum absolute atomic E-state index is 0.204. The monoisotopic (exact) mass is 267 g/mol. The molecule has 1 heterocycles. The SMILES string of the molecule is CC(C)(C)OC(=O)N1CCCCC2CC(=O)CCC21. The molecule has 0 spiro atoms. The molecule has 0 aromatic carbocycles. The van der Waals surface area contributed by atoms with Gasteiger partial charge in [-0.25, -0.2) is 4.79 Å². The van der Waals surface area contributed by atoms with Crippen LogP contribution in [-0.2, 0) is 9.53 Å². The zero-order valence-corrected chi connectivity index (χ0v) is 12.3. The number of ketones is 1. The molecule has 0 aromatic heterocycles. The standard InChI is InChI=1S/C15H25NO3/c1-15(2,3)19-14(18)16-9-5-4-6-11-10-12(17)7-8-13(11)16/h11,13H,4-10H2,1-3H3. The lowest BCUT2D eigenvalue weighted by atomic mass is 9.81. The molecule has 19 heavy (non-hydrogen) atoms. The van der Waals surface area contributed by atoms with Crippen molar-refractivity contribution in [1.82, 2.24) is 4.90 Å². The van der Waals surface area contributed by atoms with Crippen LogP contribution in [-0.4, -0.2) is 35.0 Å². The number of rotatable bonds is 0. The summed E-state index contributed by atoms with van der Waals surface area (Å²) in [6, 6.07) is 0.204. The summed E-state index contributed by atoms with van der Waals surface area (Å²) in [5.41, 5.74) is -0.455. The normalized spacial score (nSPS) is 28.6. The quantitative estimate of drug-likeness (QED) is 0.677. The van der Waals surface area contributed by atoms with Gasteiger partial charge in [0.15, 0.2) is 0 Å². The van der Waals surface area contributed by atoms with Crippen LogP contribution in [0.1, 0.15) is 59.3 Å². The third kappa shape index (κ3) is 3.71. The maximum absolute atomic E-state index is 12.3. The second kappa shape index (κ2) is 5.51. The highest BCUT2D eigenvalue weighted by Gasteiger charge is 2.38. The second-order valence-electron chi connectivity index (χ2n) is 6.78. The lowest BCUT2D eigenvalue weighted by Crippen LogP contribution is -2.48. The van der Waals surface area contributed by atoms with Gasteiger partial charge >= 0.3 is 6.09 Å². The van der Waals surface area contributed by atoms with E-state index in [2.05, 4.69) is 0 Å². The lowest BCUT2D eigenvalue weighted by molar-refractivity contribution is -0.123. The number of carbonyl (C=O) groups is 2. The largest absolute Gasteiger partial charge is 0.444 e. The molecule has 1 aliphatic carbocycles. The first kappa shape index (κ1) is 14.4. The van der Waals surface area contributed by atoms with Crippen LogP contribution in [0.2, 0.25) is 0 Å². The van der Waals surface area contributed by atoms with Gasteiger partial charge in [0.05, 0.1) is 0 Å². The summed E-state index contributed by atoms with van der Waals surface area (Å²) in [5.74, 6) is 0.698. The molecular weight excluding hydrogens is 242 g/mol. The van der Waals surface area contributed by atoms with Gasteiger partial charge in [-0.05, 0) is 46.0 Å². The fraction of sp³-hybridized carbons (Fsp3) is 0.867. The molecule has 0 bridgehead atoms. The van der Waals surface area contributed by atoms with Crippen LogP contribution in [0.3, 0.4) is 0 Å². The van der Waals surface area contributed by atoms with Crippen molar-refractivity contribution in [2.75, 3.05) is 6.54 Å². The fourth-order valence-electron chi connectivity index (χ4n) is 3.18. The van der Waals surface area contributed by atoms with E-state index in [1.807, 2.05) is 25.7 Å². The molecule has 0 radical (unpaired) electrons. The average Bonchev–Trinajstić information content (AvgIpc) is 2.48. The Morgan fingerprint density at radius 2 is 2.00 bits per heavy atom. The Kier molecular flexibility index (Phi) is 4.16. The van der Waals surface area contributed by atoms with Gasteiger partial charge in [-0.1, -0.05) is 6.42 Å². The molecule has 2 aliphatic rings. The highest BCUT2D eigenvalue weighted by Crippen LogP contribution is 2.33. The number of nitrogens with zero attached hydrogens (tertiary/aromatic N) is 1. The number of Topliss-reactive ketones (excluding diaryl/α,β-unsaturated/α-hetero) is 1. The Morgan fingerprint density at radius 3 is 2.68 bits per heavy atom. The third-order valence-electron chi connectivity index (χ3n) is 4.01. The second-order valence-corrected chi connectivity index (χ2v) is 6.78. The molecule has 0 aromatic rings. The summed E-state index contributed by atoms with van der Waals surface area (Å²) in [5, 5.41) is 0. The smallest absolute Gasteiger partial charge is 0.410 e. The molecule has 2 rings (SSSR count). The van der Waals surface area contributed by atoms with Crippen molar-refractivity contribution in [2.45, 2.75) is 70.9 Å². The maximum Gasteiger partial charge on any atom is 0.410 e. The van der Waals surface area contributed by atoms with Crippen LogP contribution >= 0.6 is 0 Å². The van der Waals surface area contributed by atoms with Crippen LogP contribution in [0.5, 0.6) is 0 Å². The molecule has 0 N–H and O–H groups in total. The first-order valence-corrected chi connectivity index (χ1v) is 7.38. The van der Waals surface area contributed by atoms with E-state index in [9.17, 15) is 9.59 Å². The Balaban J connectivity index is 2.09. The van der Waals surface area contributed by atoms with Crippen molar-refractivity contribution >= 4 is 11.9 Å². The van der Waals surface area contributed by atoms with Crippen LogP contribution in [0.25, 0.3) is 0 Å². The van der Waals surface area contributed by atoms with E-state index in [0.717, 1.165) is 32.2 Å². The van der Waals surface area contributed by atoms with E-state index in [0.29, 0.717) is 24.5 Å². The summed E-state index contributed by atoms with van der Waals surface area (Å²) in [4.78, 5) is 25.8. The summed E-state index contributed by atoms with van der Waals surface area (Å²) in [7, 11) is 0. The van der Waals surface area contributed by atoms with Crippen LogP contribution < -0.4 is 0 Å². The van der Waals surface area contributed by atoms with Crippen LogP contribution in [0.4, 0.5) is 4.79 Å². The van der Waals surface area contributed by atoms with E-state index in [-0.39, 0.29) is 12.1 Å². The molecule has 2 unspecified atom stereocenters. The van der Waals surface area contributed by atoms with Gasteiger partial charge in [-0.2, -0.15) is 0 Å². The van der Waals surface area contributed by atoms with Crippen molar-refractivity contribution in [1.29, 1.82) is 0 Å². The van der Waals surface area contributed by atoms with E-state index in [1.54, 1.807) is 0 Å². The molecule has 1 saturated carbocycles. The van der Waals surface area contributed by atoms with Crippen molar-refractivity contribution in [3.63, 3.8) is 0 Å². The number of ether oxygens (including phenoxy) is 1. The first-order chi connectivity index (χ1) is 8.87. The molecule has 4 nitrogen and oxygen atoms in total. The molecule has 2 fully saturated rings. The Morgan fingerprint density at radius 1 is 1.26 bits per heavy atom. The first-order valence-electron chi connectivity index (χ1n) is 7.38. The van der Waals surface area contributed by atoms with E-state index in [4.69, 9.17) is 4.74 Å². The molecule has 4 heteroatoms. The summed E-state index contributed by atoms with van der Waals surface area (Å²) in [6.45, 7) is 6.45. The van der Waals surface area contributed by atoms with E-state index >= 15 is 0 Å². The molecule has 1 amide bonds. The van der Waals surface area contributed by atoms with E-state index in [1.165, 1.54) is 0 Å².